The molecule has 0 spiro atoms. The SMILES string of the molecule is CCC(C)N(C)CCNC(c1cccs1)C(C)C. The Balaban J connectivity index is 2.40. The van der Waals surface area contributed by atoms with Gasteiger partial charge in [0.05, 0.1) is 0 Å². The minimum atomic E-state index is 0.496. The Morgan fingerprint density at radius 1 is 1.33 bits per heavy atom. The van der Waals surface area contributed by atoms with Crippen molar-refractivity contribution in [1.82, 2.24) is 10.2 Å². The third-order valence-electron chi connectivity index (χ3n) is 3.69. The summed E-state index contributed by atoms with van der Waals surface area (Å²) in [6.45, 7) is 11.3. The van der Waals surface area contributed by atoms with Crippen molar-refractivity contribution in [3.05, 3.63) is 22.4 Å². The van der Waals surface area contributed by atoms with Crippen LogP contribution in [0.5, 0.6) is 0 Å². The molecule has 2 unspecified atom stereocenters. The lowest BCUT2D eigenvalue weighted by atomic mass is 10.0. The maximum absolute atomic E-state index is 3.70. The minimum Gasteiger partial charge on any atom is -0.308 e. The first-order valence-electron chi connectivity index (χ1n) is 7.03. The Morgan fingerprint density at radius 2 is 2.06 bits per heavy atom. The van der Waals surface area contributed by atoms with E-state index < -0.39 is 0 Å². The highest BCUT2D eigenvalue weighted by Gasteiger charge is 2.16. The van der Waals surface area contributed by atoms with Gasteiger partial charge in [-0.1, -0.05) is 26.8 Å². The average Bonchev–Trinajstić information content (AvgIpc) is 2.86. The van der Waals surface area contributed by atoms with E-state index in [1.807, 2.05) is 11.3 Å². The van der Waals surface area contributed by atoms with E-state index in [0.29, 0.717) is 18.0 Å². The van der Waals surface area contributed by atoms with Gasteiger partial charge in [-0.05, 0) is 37.8 Å². The second-order valence-corrected chi connectivity index (χ2v) is 6.41. The quantitative estimate of drug-likeness (QED) is 0.772. The minimum absolute atomic E-state index is 0.496. The largest absolute Gasteiger partial charge is 0.308 e. The Labute approximate surface area is 116 Å². The molecule has 3 heteroatoms. The second kappa shape index (κ2) is 7.93. The zero-order chi connectivity index (χ0) is 13.5. The van der Waals surface area contributed by atoms with Crippen molar-refractivity contribution in [3.63, 3.8) is 0 Å². The highest BCUT2D eigenvalue weighted by molar-refractivity contribution is 7.10. The predicted octanol–water partition coefficient (Wildman–Crippen LogP) is 3.77. The van der Waals surface area contributed by atoms with Gasteiger partial charge in [0.25, 0.3) is 0 Å². The third kappa shape index (κ3) is 4.71. The van der Waals surface area contributed by atoms with Crippen molar-refractivity contribution in [3.8, 4) is 0 Å². The van der Waals surface area contributed by atoms with Gasteiger partial charge in [-0.25, -0.2) is 0 Å². The van der Waals surface area contributed by atoms with E-state index in [2.05, 4.69) is 62.5 Å². The van der Waals surface area contributed by atoms with Gasteiger partial charge in [-0.3, -0.25) is 0 Å². The molecule has 18 heavy (non-hydrogen) atoms. The third-order valence-corrected chi connectivity index (χ3v) is 4.64. The van der Waals surface area contributed by atoms with Crippen LogP contribution in [0.1, 0.15) is 45.0 Å². The first-order valence-corrected chi connectivity index (χ1v) is 7.91. The summed E-state index contributed by atoms with van der Waals surface area (Å²) in [5.74, 6) is 0.637. The molecule has 0 aliphatic carbocycles. The number of rotatable bonds is 8. The van der Waals surface area contributed by atoms with E-state index in [1.165, 1.54) is 11.3 Å². The molecule has 0 aromatic carbocycles. The number of hydrogen-bond acceptors (Lipinski definition) is 3. The highest BCUT2D eigenvalue weighted by atomic mass is 32.1. The number of hydrogen-bond donors (Lipinski definition) is 1. The van der Waals surface area contributed by atoms with Crippen LogP contribution in [0, 0.1) is 5.92 Å². The summed E-state index contributed by atoms with van der Waals surface area (Å²) in [4.78, 5) is 3.88. The number of likely N-dealkylation sites (N-methyl/N-ethyl adjacent to an activating group) is 1. The first-order chi connectivity index (χ1) is 8.56. The van der Waals surface area contributed by atoms with E-state index in [0.717, 1.165) is 13.1 Å². The molecule has 2 atom stereocenters. The Morgan fingerprint density at radius 3 is 2.56 bits per heavy atom. The Kier molecular flexibility index (Phi) is 6.90. The molecule has 0 bridgehead atoms. The molecule has 0 saturated heterocycles. The van der Waals surface area contributed by atoms with Crippen molar-refractivity contribution in [2.75, 3.05) is 20.1 Å². The first kappa shape index (κ1) is 15.7. The van der Waals surface area contributed by atoms with Gasteiger partial charge < -0.3 is 10.2 Å². The van der Waals surface area contributed by atoms with Gasteiger partial charge in [0.1, 0.15) is 0 Å². The van der Waals surface area contributed by atoms with Crippen LogP contribution in [-0.2, 0) is 0 Å². The lowest BCUT2D eigenvalue weighted by Gasteiger charge is -2.26. The molecule has 1 aromatic heterocycles. The van der Waals surface area contributed by atoms with Crippen LogP contribution in [0.15, 0.2) is 17.5 Å². The van der Waals surface area contributed by atoms with Gasteiger partial charge in [0, 0.05) is 30.1 Å². The fourth-order valence-corrected chi connectivity index (χ4v) is 3.04. The summed E-state index contributed by atoms with van der Waals surface area (Å²) in [5.41, 5.74) is 0. The molecule has 2 nitrogen and oxygen atoms in total. The number of nitrogens with one attached hydrogen (secondary N) is 1. The molecule has 1 aromatic rings. The molecule has 0 aliphatic heterocycles. The fourth-order valence-electron chi connectivity index (χ4n) is 2.06. The zero-order valence-electron chi connectivity index (χ0n) is 12.4. The van der Waals surface area contributed by atoms with E-state index in [4.69, 9.17) is 0 Å². The normalized spacial score (nSPS) is 15.3. The summed E-state index contributed by atoms with van der Waals surface area (Å²) >= 11 is 1.85. The molecular formula is C15H28N2S. The molecule has 0 radical (unpaired) electrons. The van der Waals surface area contributed by atoms with E-state index >= 15 is 0 Å². The molecule has 1 heterocycles. The van der Waals surface area contributed by atoms with Crippen molar-refractivity contribution < 1.29 is 0 Å². The molecule has 0 amide bonds. The zero-order valence-corrected chi connectivity index (χ0v) is 13.3. The summed E-state index contributed by atoms with van der Waals surface area (Å²) in [7, 11) is 2.21. The Hall–Kier alpha value is -0.380. The highest BCUT2D eigenvalue weighted by Crippen LogP contribution is 2.25. The van der Waals surface area contributed by atoms with Gasteiger partial charge >= 0.3 is 0 Å². The van der Waals surface area contributed by atoms with Crippen LogP contribution in [0.3, 0.4) is 0 Å². The molecule has 1 N–H and O–H groups in total. The molecule has 0 fully saturated rings. The lowest BCUT2D eigenvalue weighted by molar-refractivity contribution is 0.244. The van der Waals surface area contributed by atoms with Gasteiger partial charge in [-0.15, -0.1) is 11.3 Å². The van der Waals surface area contributed by atoms with Crippen LogP contribution in [0.2, 0.25) is 0 Å². The van der Waals surface area contributed by atoms with E-state index in [1.54, 1.807) is 0 Å². The number of thiophene rings is 1. The fraction of sp³-hybridized carbons (Fsp3) is 0.733. The molecule has 104 valence electrons. The van der Waals surface area contributed by atoms with Crippen molar-refractivity contribution in [2.45, 2.75) is 46.2 Å². The smallest absolute Gasteiger partial charge is 0.0438 e. The molecule has 0 saturated carbocycles. The monoisotopic (exact) mass is 268 g/mol. The standard InChI is InChI=1S/C15H28N2S/c1-6-13(4)17(5)10-9-16-15(12(2)3)14-8-7-11-18-14/h7-8,11-13,15-16H,6,9-10H2,1-5H3. The summed E-state index contributed by atoms with van der Waals surface area (Å²) in [6, 6.07) is 5.55. The maximum atomic E-state index is 3.70. The topological polar surface area (TPSA) is 15.3 Å². The van der Waals surface area contributed by atoms with Gasteiger partial charge in [0.15, 0.2) is 0 Å². The van der Waals surface area contributed by atoms with Crippen molar-refractivity contribution >= 4 is 11.3 Å². The summed E-state index contributed by atoms with van der Waals surface area (Å²) in [6.07, 6.45) is 1.22. The van der Waals surface area contributed by atoms with Crippen molar-refractivity contribution in [2.24, 2.45) is 5.92 Å². The lowest BCUT2D eigenvalue weighted by Crippen LogP contribution is -2.37. The predicted molar refractivity (Wildman–Crippen MR) is 82.3 cm³/mol. The van der Waals surface area contributed by atoms with Crippen LogP contribution >= 0.6 is 11.3 Å². The maximum Gasteiger partial charge on any atom is 0.0438 e. The Bertz CT molecular complexity index is 308. The van der Waals surface area contributed by atoms with Crippen LogP contribution in [0.4, 0.5) is 0 Å². The van der Waals surface area contributed by atoms with Crippen molar-refractivity contribution in [1.29, 1.82) is 0 Å². The van der Waals surface area contributed by atoms with E-state index in [9.17, 15) is 0 Å². The van der Waals surface area contributed by atoms with Crippen LogP contribution in [-0.4, -0.2) is 31.1 Å². The van der Waals surface area contributed by atoms with Crippen LogP contribution < -0.4 is 5.32 Å². The summed E-state index contributed by atoms with van der Waals surface area (Å²) < 4.78 is 0. The van der Waals surface area contributed by atoms with E-state index in [-0.39, 0.29) is 0 Å². The summed E-state index contributed by atoms with van der Waals surface area (Å²) in [5, 5.41) is 5.86. The average molecular weight is 268 g/mol. The van der Waals surface area contributed by atoms with Gasteiger partial charge in [-0.2, -0.15) is 0 Å². The second-order valence-electron chi connectivity index (χ2n) is 5.43. The molecule has 0 aliphatic rings. The van der Waals surface area contributed by atoms with Gasteiger partial charge in [0.2, 0.25) is 0 Å². The molecule has 1 rings (SSSR count). The van der Waals surface area contributed by atoms with Crippen LogP contribution in [0.25, 0.3) is 0 Å². The number of nitrogens with zero attached hydrogens (tertiary/aromatic N) is 1. The molecular weight excluding hydrogens is 240 g/mol.